The molecule has 0 aliphatic carbocycles. The van der Waals surface area contributed by atoms with E-state index in [1.54, 1.807) is 10.7 Å². The lowest BCUT2D eigenvalue weighted by atomic mass is 10.2. The number of aromatic nitrogens is 3. The Bertz CT molecular complexity index is 685. The number of amides is 1. The van der Waals surface area contributed by atoms with Crippen molar-refractivity contribution >= 4 is 25.2 Å². The highest BCUT2D eigenvalue weighted by Gasteiger charge is 2.33. The molecule has 0 fully saturated rings. The lowest BCUT2D eigenvalue weighted by Crippen LogP contribution is -2.43. The van der Waals surface area contributed by atoms with Crippen LogP contribution in [0.3, 0.4) is 0 Å². The second-order valence-corrected chi connectivity index (χ2v) is 4.83. The maximum atomic E-state index is 12.5. The molecule has 0 saturated heterocycles. The molecular weight excluding hydrogens is 341 g/mol. The number of hydrogen-bond donors (Lipinski definition) is 0. The van der Waals surface area contributed by atoms with E-state index in [9.17, 15) is 18.0 Å². The van der Waals surface area contributed by atoms with Gasteiger partial charge in [-0.2, -0.15) is 31.8 Å². The quantitative estimate of drug-likeness (QED) is 0.780. The fraction of sp³-hybridized carbons (Fsp3) is 0.400. The van der Waals surface area contributed by atoms with Crippen molar-refractivity contribution < 1.29 is 18.0 Å². The van der Waals surface area contributed by atoms with Crippen LogP contribution in [0.2, 0.25) is 0 Å². The molecule has 0 aromatic carbocycles. The summed E-state index contributed by atoms with van der Waals surface area (Å²) in [7, 11) is 0. The molecule has 24 heavy (non-hydrogen) atoms. The third kappa shape index (κ3) is 3.72. The molecule has 2 aromatic rings. The average molecular weight is 360 g/mol. The molecule has 1 amide bonds. The monoisotopic (exact) mass is 360 g/mol. The molecule has 1 aliphatic rings. The molecule has 0 spiro atoms. The molecule has 0 unspecified atom stereocenters. The van der Waals surface area contributed by atoms with Crippen molar-refractivity contribution in [1.29, 1.82) is 0 Å². The van der Waals surface area contributed by atoms with Gasteiger partial charge in [-0.05, 0) is 25.1 Å². The van der Waals surface area contributed by atoms with E-state index in [-0.39, 0.29) is 31.3 Å². The van der Waals surface area contributed by atoms with E-state index in [0.29, 0.717) is 12.2 Å². The summed E-state index contributed by atoms with van der Waals surface area (Å²) < 4.78 is 39.2. The third-order valence-corrected chi connectivity index (χ3v) is 3.35. The molecule has 132 valence electrons. The summed E-state index contributed by atoms with van der Waals surface area (Å²) in [6, 6.07) is 3.64. The number of nitrogens with zero attached hydrogens (tertiary/aromatic N) is 4. The van der Waals surface area contributed by atoms with Gasteiger partial charge >= 0.3 is 6.18 Å². The third-order valence-electron chi connectivity index (χ3n) is 3.35. The Hall–Kier alpha value is -2.03. The topological polar surface area (TPSA) is 51.0 Å². The van der Waals surface area contributed by atoms with E-state index < -0.39 is 11.7 Å². The minimum absolute atomic E-state index is 0. The maximum Gasteiger partial charge on any atom is 0.417 e. The Morgan fingerprint density at radius 3 is 2.42 bits per heavy atom. The highest BCUT2D eigenvalue weighted by atomic mass is 32.1. The minimum atomic E-state index is -4.44. The minimum Gasteiger partial charge on any atom is -0.289 e. The van der Waals surface area contributed by atoms with Gasteiger partial charge in [-0.3, -0.25) is 14.4 Å². The van der Waals surface area contributed by atoms with Crippen LogP contribution in [0.4, 0.5) is 19.0 Å². The van der Waals surface area contributed by atoms with Gasteiger partial charge in [0.25, 0.3) is 5.91 Å². The standard InChI is InChI=1S/C13H11F3N4O.C2H6.H2S/c1-8-7-19(12(21)10-4-5-18-20(8)10)11-3-2-9(6-17-11)13(14,15)16;1-2;/h2-6,8H,7H2,1H3;1-2H3;1H2/t8-;;/m0../s1. The summed E-state index contributed by atoms with van der Waals surface area (Å²) in [6.07, 6.45) is -2.18. The molecule has 3 rings (SSSR count). The van der Waals surface area contributed by atoms with Gasteiger partial charge in [0.05, 0.1) is 11.6 Å². The van der Waals surface area contributed by atoms with E-state index in [0.717, 1.165) is 12.3 Å². The molecule has 3 heterocycles. The number of anilines is 1. The van der Waals surface area contributed by atoms with Crippen LogP contribution in [-0.2, 0) is 6.18 Å². The first-order valence-electron chi connectivity index (χ1n) is 7.26. The number of halogens is 3. The van der Waals surface area contributed by atoms with Gasteiger partial charge in [0.2, 0.25) is 0 Å². The van der Waals surface area contributed by atoms with Gasteiger partial charge in [0, 0.05) is 18.9 Å². The van der Waals surface area contributed by atoms with Gasteiger partial charge < -0.3 is 0 Å². The van der Waals surface area contributed by atoms with E-state index in [1.165, 1.54) is 17.2 Å². The number of rotatable bonds is 1. The number of alkyl halides is 3. The second kappa shape index (κ2) is 7.69. The van der Waals surface area contributed by atoms with E-state index >= 15 is 0 Å². The van der Waals surface area contributed by atoms with Gasteiger partial charge in [-0.1, -0.05) is 13.8 Å². The molecule has 0 bridgehead atoms. The zero-order valence-electron chi connectivity index (χ0n) is 13.5. The van der Waals surface area contributed by atoms with Crippen LogP contribution < -0.4 is 4.90 Å². The molecule has 1 atom stereocenters. The highest BCUT2D eigenvalue weighted by Crippen LogP contribution is 2.30. The Morgan fingerprint density at radius 2 is 1.88 bits per heavy atom. The lowest BCUT2D eigenvalue weighted by molar-refractivity contribution is -0.137. The lowest BCUT2D eigenvalue weighted by Gasteiger charge is -2.31. The van der Waals surface area contributed by atoms with Crippen molar-refractivity contribution in [3.63, 3.8) is 0 Å². The Labute approximate surface area is 144 Å². The molecule has 5 nitrogen and oxygen atoms in total. The molecule has 9 heteroatoms. The first-order valence-corrected chi connectivity index (χ1v) is 7.26. The predicted molar refractivity (Wildman–Crippen MR) is 89.6 cm³/mol. The number of carbonyl (C=O) groups is 1. The predicted octanol–water partition coefficient (Wildman–Crippen LogP) is 3.66. The second-order valence-electron chi connectivity index (χ2n) is 4.83. The van der Waals surface area contributed by atoms with Gasteiger partial charge in [0.1, 0.15) is 11.5 Å². The summed E-state index contributed by atoms with van der Waals surface area (Å²) >= 11 is 0. The zero-order chi connectivity index (χ0) is 17.2. The van der Waals surface area contributed by atoms with Crippen LogP contribution in [0.25, 0.3) is 0 Å². The first-order chi connectivity index (χ1) is 10.9. The molecule has 0 radical (unpaired) electrons. The van der Waals surface area contributed by atoms with Crippen molar-refractivity contribution in [1.82, 2.24) is 14.8 Å². The Kier molecular flexibility index (Phi) is 6.42. The molecule has 0 N–H and O–H groups in total. The van der Waals surface area contributed by atoms with E-state index in [2.05, 4.69) is 10.1 Å². The van der Waals surface area contributed by atoms with Crippen LogP contribution in [-0.4, -0.2) is 27.2 Å². The van der Waals surface area contributed by atoms with Crippen LogP contribution >= 0.6 is 13.5 Å². The summed E-state index contributed by atoms with van der Waals surface area (Å²) in [4.78, 5) is 17.4. The summed E-state index contributed by atoms with van der Waals surface area (Å²) in [5.41, 5.74) is -0.441. The largest absolute Gasteiger partial charge is 0.417 e. The zero-order valence-corrected chi connectivity index (χ0v) is 14.5. The smallest absolute Gasteiger partial charge is 0.289 e. The molecule has 2 aromatic heterocycles. The van der Waals surface area contributed by atoms with Crippen molar-refractivity contribution in [2.75, 3.05) is 11.4 Å². The maximum absolute atomic E-state index is 12.5. The molecular formula is C15H19F3N4OS. The number of carbonyl (C=O) groups excluding carboxylic acids is 1. The number of hydrogen-bond acceptors (Lipinski definition) is 3. The van der Waals surface area contributed by atoms with Crippen LogP contribution in [0.5, 0.6) is 0 Å². The van der Waals surface area contributed by atoms with Crippen molar-refractivity contribution in [2.24, 2.45) is 0 Å². The van der Waals surface area contributed by atoms with Gasteiger partial charge in [-0.25, -0.2) is 4.98 Å². The van der Waals surface area contributed by atoms with Gasteiger partial charge in [0.15, 0.2) is 0 Å². The normalized spacial score (nSPS) is 16.7. The fourth-order valence-electron chi connectivity index (χ4n) is 2.31. The SMILES string of the molecule is CC.C[C@H]1CN(c2ccc(C(F)(F)F)cn2)C(=O)c2ccnn21.S. The number of pyridine rings is 1. The number of fused-ring (bicyclic) bond motifs is 1. The average Bonchev–Trinajstić information content (AvgIpc) is 3.03. The van der Waals surface area contributed by atoms with Crippen LogP contribution in [0, 0.1) is 0 Å². The summed E-state index contributed by atoms with van der Waals surface area (Å²) in [5.74, 6) is -0.120. The molecule has 1 aliphatic heterocycles. The molecule has 0 saturated carbocycles. The van der Waals surface area contributed by atoms with Gasteiger partial charge in [-0.15, -0.1) is 0 Å². The Balaban J connectivity index is 0.000000925. The van der Waals surface area contributed by atoms with Crippen molar-refractivity contribution in [3.05, 3.63) is 41.9 Å². The van der Waals surface area contributed by atoms with Crippen molar-refractivity contribution in [3.8, 4) is 0 Å². The first kappa shape index (κ1) is 20.0. The highest BCUT2D eigenvalue weighted by molar-refractivity contribution is 7.59. The summed E-state index contributed by atoms with van der Waals surface area (Å²) in [6.45, 7) is 6.19. The van der Waals surface area contributed by atoms with Crippen molar-refractivity contribution in [2.45, 2.75) is 33.0 Å². The van der Waals surface area contributed by atoms with Crippen LogP contribution in [0.1, 0.15) is 42.9 Å². The summed E-state index contributed by atoms with van der Waals surface area (Å²) in [5, 5.41) is 4.06. The van der Waals surface area contributed by atoms with Crippen LogP contribution in [0.15, 0.2) is 30.6 Å². The van der Waals surface area contributed by atoms with E-state index in [1.807, 2.05) is 20.8 Å². The fourth-order valence-corrected chi connectivity index (χ4v) is 2.31. The van der Waals surface area contributed by atoms with E-state index in [4.69, 9.17) is 0 Å². The Morgan fingerprint density at radius 1 is 1.21 bits per heavy atom.